The summed E-state index contributed by atoms with van der Waals surface area (Å²) in [5.74, 6) is 0.662. The number of nitrogens with zero attached hydrogens (tertiary/aromatic N) is 4. The molecular weight excluding hydrogens is 849 g/mol. The van der Waals surface area contributed by atoms with E-state index in [4.69, 9.17) is 9.97 Å². The normalized spacial score (nSPS) is 11.6. The number of hydrogen-bond acceptors (Lipinski definition) is 2. The molecule has 0 aliphatic rings. The standard InChI is InChI=1S/C66H46N4/c1-43-25-29-45(30-26-43)49-34-37-63-56(39-49)53-20-10-13-23-61(53)69(63)60-22-12-9-19-52(60)55-36-33-51(66-67-58(47-15-5-3-6-16-47)42-59(68-66)48-17-7-4-8-18-48)41-65(55)70-62-24-14-11-21-54(62)57-40-50(35-38-64(57)70)46-31-27-44(2)28-32-46/h3-42H,1-2H3. The average Bonchev–Trinajstić information content (AvgIpc) is 3.93. The van der Waals surface area contributed by atoms with Crippen molar-refractivity contribution < 1.29 is 0 Å². The molecule has 0 radical (unpaired) electrons. The number of benzene rings is 10. The summed E-state index contributed by atoms with van der Waals surface area (Å²) in [6.07, 6.45) is 0. The molecule has 4 nitrogen and oxygen atoms in total. The second-order valence-corrected chi connectivity index (χ2v) is 18.3. The highest BCUT2D eigenvalue weighted by Crippen LogP contribution is 2.43. The highest BCUT2D eigenvalue weighted by Gasteiger charge is 2.22. The third-order valence-corrected chi connectivity index (χ3v) is 13.9. The third kappa shape index (κ3) is 7.08. The monoisotopic (exact) mass is 894 g/mol. The Hall–Kier alpha value is -9.12. The average molecular weight is 895 g/mol. The molecule has 0 spiro atoms. The molecule has 10 aromatic carbocycles. The van der Waals surface area contributed by atoms with Gasteiger partial charge >= 0.3 is 0 Å². The van der Waals surface area contributed by atoms with Gasteiger partial charge in [0.15, 0.2) is 5.82 Å². The first kappa shape index (κ1) is 41.1. The number of hydrogen-bond donors (Lipinski definition) is 0. The van der Waals surface area contributed by atoms with Crippen molar-refractivity contribution in [3.63, 3.8) is 0 Å². The minimum absolute atomic E-state index is 0.662. The number of rotatable bonds is 8. The minimum atomic E-state index is 0.662. The number of para-hydroxylation sites is 3. The smallest absolute Gasteiger partial charge is 0.160 e. The van der Waals surface area contributed by atoms with E-state index in [-0.39, 0.29) is 0 Å². The Morgan fingerprint density at radius 3 is 1.23 bits per heavy atom. The SMILES string of the molecule is Cc1ccc(-c2ccc3c(c2)c2ccccc2n3-c2ccccc2-c2ccc(-c3nc(-c4ccccc4)cc(-c4ccccc4)n3)cc2-n2c3ccccc3c3cc(-c4ccc(C)cc4)ccc32)cc1. The van der Waals surface area contributed by atoms with Crippen molar-refractivity contribution in [2.24, 2.45) is 0 Å². The van der Waals surface area contributed by atoms with E-state index in [1.807, 2.05) is 12.1 Å². The molecule has 4 heteroatoms. The van der Waals surface area contributed by atoms with Crippen LogP contribution in [0.1, 0.15) is 11.1 Å². The number of aryl methyl sites for hydroxylation is 2. The van der Waals surface area contributed by atoms with E-state index < -0.39 is 0 Å². The molecule has 0 aliphatic carbocycles. The van der Waals surface area contributed by atoms with Crippen LogP contribution in [-0.4, -0.2) is 19.1 Å². The van der Waals surface area contributed by atoms with Gasteiger partial charge in [0.05, 0.1) is 44.8 Å². The van der Waals surface area contributed by atoms with E-state index in [0.29, 0.717) is 5.82 Å². The van der Waals surface area contributed by atoms with Crippen LogP contribution in [-0.2, 0) is 0 Å². The predicted molar refractivity (Wildman–Crippen MR) is 293 cm³/mol. The highest BCUT2D eigenvalue weighted by molar-refractivity contribution is 6.13. The van der Waals surface area contributed by atoms with Crippen LogP contribution in [0, 0.1) is 13.8 Å². The van der Waals surface area contributed by atoms with Gasteiger partial charge in [0.25, 0.3) is 0 Å². The van der Waals surface area contributed by atoms with Crippen LogP contribution in [0.15, 0.2) is 243 Å². The van der Waals surface area contributed by atoms with E-state index >= 15 is 0 Å². The summed E-state index contributed by atoms with van der Waals surface area (Å²) in [4.78, 5) is 10.7. The van der Waals surface area contributed by atoms with Crippen molar-refractivity contribution >= 4 is 43.6 Å². The van der Waals surface area contributed by atoms with E-state index in [1.165, 1.54) is 54.9 Å². The molecule has 0 bridgehead atoms. The lowest BCUT2D eigenvalue weighted by Crippen LogP contribution is -2.03. The Morgan fingerprint density at radius 2 is 0.686 bits per heavy atom. The molecule has 3 heterocycles. The first-order chi connectivity index (χ1) is 34.5. The van der Waals surface area contributed by atoms with Crippen LogP contribution in [0.5, 0.6) is 0 Å². The van der Waals surface area contributed by atoms with Crippen molar-refractivity contribution in [2.45, 2.75) is 13.8 Å². The van der Waals surface area contributed by atoms with E-state index in [2.05, 4.69) is 254 Å². The summed E-state index contributed by atoms with van der Waals surface area (Å²) in [7, 11) is 0. The maximum absolute atomic E-state index is 5.34. The fraction of sp³-hybridized carbons (Fsp3) is 0.0303. The van der Waals surface area contributed by atoms with Gasteiger partial charge in [-0.2, -0.15) is 0 Å². The van der Waals surface area contributed by atoms with Gasteiger partial charge in [-0.05, 0) is 90.7 Å². The quantitative estimate of drug-likeness (QED) is 0.152. The fourth-order valence-corrected chi connectivity index (χ4v) is 10.4. The summed E-state index contributed by atoms with van der Waals surface area (Å²) < 4.78 is 4.91. The summed E-state index contributed by atoms with van der Waals surface area (Å²) in [6, 6.07) is 87.7. The zero-order valence-corrected chi connectivity index (χ0v) is 38.9. The molecule has 13 rings (SSSR count). The lowest BCUT2D eigenvalue weighted by molar-refractivity contribution is 1.15. The Bertz CT molecular complexity index is 4050. The van der Waals surface area contributed by atoms with Gasteiger partial charge in [0.1, 0.15) is 0 Å². The Labute approximate surface area is 407 Å². The molecule has 70 heavy (non-hydrogen) atoms. The molecule has 0 fully saturated rings. The van der Waals surface area contributed by atoms with E-state index in [0.717, 1.165) is 72.6 Å². The second-order valence-electron chi connectivity index (χ2n) is 18.3. The van der Waals surface area contributed by atoms with Crippen LogP contribution in [0.25, 0.3) is 122 Å². The van der Waals surface area contributed by atoms with Gasteiger partial charge in [-0.1, -0.05) is 199 Å². The molecule has 330 valence electrons. The summed E-state index contributed by atoms with van der Waals surface area (Å²) in [5.41, 5.74) is 20.9. The summed E-state index contributed by atoms with van der Waals surface area (Å²) in [5, 5.41) is 4.82. The first-order valence-corrected chi connectivity index (χ1v) is 24.0. The Kier molecular flexibility index (Phi) is 9.91. The molecule has 3 aromatic heterocycles. The van der Waals surface area contributed by atoms with Gasteiger partial charge in [0.2, 0.25) is 0 Å². The molecule has 0 saturated heterocycles. The van der Waals surface area contributed by atoms with Crippen molar-refractivity contribution in [1.82, 2.24) is 19.1 Å². The highest BCUT2D eigenvalue weighted by atomic mass is 15.0. The maximum atomic E-state index is 5.34. The lowest BCUT2D eigenvalue weighted by atomic mass is 9.98. The number of aromatic nitrogens is 4. The van der Waals surface area contributed by atoms with Crippen LogP contribution in [0.2, 0.25) is 0 Å². The van der Waals surface area contributed by atoms with Gasteiger partial charge in [-0.3, -0.25) is 0 Å². The number of fused-ring (bicyclic) bond motifs is 6. The Balaban J connectivity index is 1.08. The van der Waals surface area contributed by atoms with Crippen LogP contribution in [0.3, 0.4) is 0 Å². The zero-order valence-electron chi connectivity index (χ0n) is 38.9. The minimum Gasteiger partial charge on any atom is -0.309 e. The molecule has 0 unspecified atom stereocenters. The predicted octanol–water partition coefficient (Wildman–Crippen LogP) is 17.3. The molecule has 0 amide bonds. The third-order valence-electron chi connectivity index (χ3n) is 13.9. The van der Waals surface area contributed by atoms with Crippen molar-refractivity contribution in [3.05, 3.63) is 254 Å². The van der Waals surface area contributed by atoms with E-state index in [1.54, 1.807) is 0 Å². The van der Waals surface area contributed by atoms with Crippen LogP contribution >= 0.6 is 0 Å². The summed E-state index contributed by atoms with van der Waals surface area (Å²) >= 11 is 0. The van der Waals surface area contributed by atoms with Crippen LogP contribution < -0.4 is 0 Å². The van der Waals surface area contributed by atoms with Crippen molar-refractivity contribution in [2.75, 3.05) is 0 Å². The van der Waals surface area contributed by atoms with Crippen molar-refractivity contribution in [1.29, 1.82) is 0 Å². The van der Waals surface area contributed by atoms with Gasteiger partial charge in [0, 0.05) is 49.4 Å². The zero-order chi connectivity index (χ0) is 46.7. The summed E-state index contributed by atoms with van der Waals surface area (Å²) in [6.45, 7) is 4.28. The maximum Gasteiger partial charge on any atom is 0.160 e. The molecule has 13 aromatic rings. The van der Waals surface area contributed by atoms with E-state index in [9.17, 15) is 0 Å². The molecule has 0 N–H and O–H groups in total. The van der Waals surface area contributed by atoms with Crippen LogP contribution in [0.4, 0.5) is 0 Å². The van der Waals surface area contributed by atoms with Gasteiger partial charge < -0.3 is 9.13 Å². The first-order valence-electron chi connectivity index (χ1n) is 24.0. The lowest BCUT2D eigenvalue weighted by Gasteiger charge is -2.20. The molecule has 0 aliphatic heterocycles. The van der Waals surface area contributed by atoms with Crippen molar-refractivity contribution in [3.8, 4) is 78.7 Å². The largest absolute Gasteiger partial charge is 0.309 e. The molecular formula is C66H46N4. The van der Waals surface area contributed by atoms with Gasteiger partial charge in [-0.25, -0.2) is 9.97 Å². The topological polar surface area (TPSA) is 35.6 Å². The second kappa shape index (κ2) is 16.9. The molecule has 0 atom stereocenters. The fourth-order valence-electron chi connectivity index (χ4n) is 10.4. The molecule has 0 saturated carbocycles. The van der Waals surface area contributed by atoms with Gasteiger partial charge in [-0.15, -0.1) is 0 Å². The Morgan fingerprint density at radius 1 is 0.271 bits per heavy atom.